The van der Waals surface area contributed by atoms with Gasteiger partial charge in [-0.3, -0.25) is 0 Å². The molecule has 0 aromatic rings. The maximum atomic E-state index is 2.37. The molecule has 0 atom stereocenters. The third-order valence-electron chi connectivity index (χ3n) is 4.29. The molecular weight excluding hydrogens is 287 g/mol. The Hall–Kier alpha value is 0.799. The van der Waals surface area contributed by atoms with Crippen LogP contribution in [0.25, 0.3) is 0 Å². The van der Waals surface area contributed by atoms with E-state index in [1.807, 2.05) is 0 Å². The van der Waals surface area contributed by atoms with Crippen molar-refractivity contribution in [3.8, 4) is 0 Å². The van der Waals surface area contributed by atoms with E-state index in [0.29, 0.717) is 0 Å². The zero-order chi connectivity index (χ0) is 11.0. The first-order valence-electron chi connectivity index (χ1n) is 7.33. The second kappa shape index (κ2) is 7.97. The summed E-state index contributed by atoms with van der Waals surface area (Å²) >= 11 is -1.56. The van der Waals surface area contributed by atoms with Crippen molar-refractivity contribution in [2.45, 2.75) is 83.0 Å². The average Bonchev–Trinajstić information content (AvgIpc) is 2.50. The Balaban J connectivity index is 2.47. The van der Waals surface area contributed by atoms with Crippen molar-refractivity contribution in [2.75, 3.05) is 0 Å². The van der Waals surface area contributed by atoms with Crippen molar-refractivity contribution >= 4 is 18.4 Å². The van der Waals surface area contributed by atoms with Gasteiger partial charge in [-0.15, -0.1) is 0 Å². The van der Waals surface area contributed by atoms with Crippen LogP contribution in [0.5, 0.6) is 0 Å². The Bertz CT molecular complexity index is 135. The molecule has 0 nitrogen and oxygen atoms in total. The van der Waals surface area contributed by atoms with Crippen LogP contribution in [0.2, 0.25) is 17.7 Å². The van der Waals surface area contributed by atoms with Crippen LogP contribution >= 0.6 is 0 Å². The first kappa shape index (κ1) is 13.9. The number of hydrogen-bond donors (Lipinski definition) is 0. The fraction of sp³-hybridized carbons (Fsp3) is 1.00. The molecule has 0 N–H and O–H groups in total. The van der Waals surface area contributed by atoms with Crippen LogP contribution < -0.4 is 0 Å². The van der Waals surface area contributed by atoms with Gasteiger partial charge in [-0.2, -0.15) is 0 Å². The quantitative estimate of drug-likeness (QED) is 0.559. The fourth-order valence-electron chi connectivity index (χ4n) is 3.21. The van der Waals surface area contributed by atoms with Crippen LogP contribution in [0, 0.1) is 0 Å². The first-order valence-corrected chi connectivity index (χ1v) is 15.4. The molecule has 0 bridgehead atoms. The maximum absolute atomic E-state index is 2.37. The average molecular weight is 317 g/mol. The van der Waals surface area contributed by atoms with Crippen molar-refractivity contribution in [2.24, 2.45) is 0 Å². The SMILES string of the molecule is CCC[CH2][Sn]1([CH2]CCC)[CH2]CCCC[CH2]1. The van der Waals surface area contributed by atoms with Gasteiger partial charge in [-0.05, 0) is 0 Å². The zero-order valence-corrected chi connectivity index (χ0v) is 13.8. The van der Waals surface area contributed by atoms with Gasteiger partial charge in [-0.25, -0.2) is 0 Å². The van der Waals surface area contributed by atoms with E-state index in [1.165, 1.54) is 12.8 Å². The van der Waals surface area contributed by atoms with Crippen LogP contribution in [0.1, 0.15) is 65.2 Å². The normalized spacial score (nSPS) is 21.2. The summed E-state index contributed by atoms with van der Waals surface area (Å²) in [4.78, 5) is 0. The van der Waals surface area contributed by atoms with E-state index in [0.717, 1.165) is 0 Å². The molecule has 1 aliphatic rings. The summed E-state index contributed by atoms with van der Waals surface area (Å²) in [5, 5.41) is 0. The molecule has 0 aliphatic carbocycles. The van der Waals surface area contributed by atoms with Gasteiger partial charge in [-0.1, -0.05) is 0 Å². The predicted molar refractivity (Wildman–Crippen MR) is 73.3 cm³/mol. The Kier molecular flexibility index (Phi) is 7.37. The molecule has 1 rings (SSSR count). The minimum atomic E-state index is -1.56. The van der Waals surface area contributed by atoms with Crippen molar-refractivity contribution in [1.29, 1.82) is 0 Å². The summed E-state index contributed by atoms with van der Waals surface area (Å²) in [5.41, 5.74) is 0. The molecule has 0 spiro atoms. The summed E-state index contributed by atoms with van der Waals surface area (Å²) < 4.78 is 6.94. The van der Waals surface area contributed by atoms with E-state index in [-0.39, 0.29) is 0 Å². The fourth-order valence-corrected chi connectivity index (χ4v) is 19.5. The minimum absolute atomic E-state index is 1.44. The van der Waals surface area contributed by atoms with Crippen LogP contribution in [-0.2, 0) is 0 Å². The first-order chi connectivity index (χ1) is 7.33. The number of hydrogen-bond acceptors (Lipinski definition) is 0. The standard InChI is InChI=1S/C6H12.2C4H9.Sn/c1-3-5-6-4-2;2*1-3-4-2;/h1-6H2;2*1,3-4H2,2H3;. The number of unbranched alkanes of at least 4 members (excludes halogenated alkanes) is 2. The zero-order valence-electron chi connectivity index (χ0n) is 11.0. The molecule has 0 amide bonds. The Morgan fingerprint density at radius 1 is 0.733 bits per heavy atom. The molecule has 1 fully saturated rings. The third-order valence-corrected chi connectivity index (χ3v) is 20.4. The second-order valence-electron chi connectivity index (χ2n) is 5.62. The Labute approximate surface area is 101 Å². The van der Waals surface area contributed by atoms with Crippen molar-refractivity contribution in [3.63, 3.8) is 0 Å². The Morgan fingerprint density at radius 2 is 1.20 bits per heavy atom. The van der Waals surface area contributed by atoms with Crippen LogP contribution in [0.4, 0.5) is 0 Å². The van der Waals surface area contributed by atoms with Gasteiger partial charge >= 0.3 is 101 Å². The van der Waals surface area contributed by atoms with Crippen molar-refractivity contribution in [1.82, 2.24) is 0 Å². The molecule has 0 aromatic carbocycles. The predicted octanol–water partition coefficient (Wildman–Crippen LogP) is 5.61. The molecule has 1 saturated heterocycles. The van der Waals surface area contributed by atoms with Gasteiger partial charge < -0.3 is 0 Å². The van der Waals surface area contributed by atoms with E-state index in [9.17, 15) is 0 Å². The summed E-state index contributed by atoms with van der Waals surface area (Å²) in [6.45, 7) is 4.74. The van der Waals surface area contributed by atoms with E-state index < -0.39 is 18.4 Å². The van der Waals surface area contributed by atoms with E-state index >= 15 is 0 Å². The summed E-state index contributed by atoms with van der Waals surface area (Å²) in [5.74, 6) is 0. The molecule has 1 heterocycles. The van der Waals surface area contributed by atoms with Gasteiger partial charge in [0.1, 0.15) is 0 Å². The van der Waals surface area contributed by atoms with Gasteiger partial charge in [0.2, 0.25) is 0 Å². The molecule has 1 heteroatoms. The Morgan fingerprint density at radius 3 is 1.60 bits per heavy atom. The van der Waals surface area contributed by atoms with Crippen LogP contribution in [0.15, 0.2) is 0 Å². The van der Waals surface area contributed by atoms with E-state index in [2.05, 4.69) is 13.8 Å². The van der Waals surface area contributed by atoms with E-state index in [4.69, 9.17) is 0 Å². The summed E-state index contributed by atoms with van der Waals surface area (Å²) in [6, 6.07) is 0. The molecule has 15 heavy (non-hydrogen) atoms. The number of rotatable bonds is 6. The van der Waals surface area contributed by atoms with Crippen LogP contribution in [-0.4, -0.2) is 18.4 Å². The molecule has 0 unspecified atom stereocenters. The molecular formula is C14H30Sn. The van der Waals surface area contributed by atoms with E-state index in [1.54, 1.807) is 56.3 Å². The van der Waals surface area contributed by atoms with Gasteiger partial charge in [0.15, 0.2) is 0 Å². The van der Waals surface area contributed by atoms with Crippen LogP contribution in [0.3, 0.4) is 0 Å². The topological polar surface area (TPSA) is 0 Å². The summed E-state index contributed by atoms with van der Waals surface area (Å²) in [7, 11) is 0. The van der Waals surface area contributed by atoms with Gasteiger partial charge in [0.25, 0.3) is 0 Å². The molecule has 90 valence electrons. The molecule has 1 aliphatic heterocycles. The molecule has 0 radical (unpaired) electrons. The molecule has 0 saturated carbocycles. The van der Waals surface area contributed by atoms with Gasteiger partial charge in [0.05, 0.1) is 0 Å². The third kappa shape index (κ3) is 5.10. The van der Waals surface area contributed by atoms with Crippen molar-refractivity contribution in [3.05, 3.63) is 0 Å². The van der Waals surface area contributed by atoms with Gasteiger partial charge in [0, 0.05) is 0 Å². The molecule has 0 aromatic heterocycles. The summed E-state index contributed by atoms with van der Waals surface area (Å²) in [6.07, 6.45) is 12.3. The monoisotopic (exact) mass is 318 g/mol. The second-order valence-corrected chi connectivity index (χ2v) is 19.9. The van der Waals surface area contributed by atoms with Crippen molar-refractivity contribution < 1.29 is 0 Å².